The summed E-state index contributed by atoms with van der Waals surface area (Å²) in [6.07, 6.45) is -5.08. The quantitative estimate of drug-likeness (QED) is 0.858. The number of aliphatic carboxylic acids is 1. The Balaban J connectivity index is 0.000000322. The molecule has 0 unspecified atom stereocenters. The normalized spacial score (nSPS) is 15.6. The molecule has 0 atom stereocenters. The van der Waals surface area contributed by atoms with E-state index in [4.69, 9.17) is 15.0 Å². The fourth-order valence-corrected chi connectivity index (χ4v) is 1.88. The third-order valence-electron chi connectivity index (χ3n) is 3.23. The highest BCUT2D eigenvalue weighted by atomic mass is 19.4. The zero-order valence-corrected chi connectivity index (χ0v) is 12.4. The number of carbonyl (C=O) groups is 2. The van der Waals surface area contributed by atoms with Crippen molar-refractivity contribution in [1.29, 1.82) is 0 Å². The lowest BCUT2D eigenvalue weighted by Crippen LogP contribution is -2.44. The van der Waals surface area contributed by atoms with E-state index in [1.54, 1.807) is 12.1 Å². The van der Waals surface area contributed by atoms with E-state index in [1.165, 1.54) is 0 Å². The van der Waals surface area contributed by atoms with Gasteiger partial charge < -0.3 is 20.0 Å². The van der Waals surface area contributed by atoms with E-state index < -0.39 is 18.1 Å². The highest BCUT2D eigenvalue weighted by Gasteiger charge is 2.38. The summed E-state index contributed by atoms with van der Waals surface area (Å²) >= 11 is 0. The second-order valence-corrected chi connectivity index (χ2v) is 4.95. The number of aromatic carboxylic acids is 1. The molecule has 1 aromatic rings. The SMILES string of the molecule is CN1CCN(c2ccc(C(=O)O)cc2)CC1.O=C(O)C(F)(F)F. The molecular weight excluding hydrogens is 317 g/mol. The van der Waals surface area contributed by atoms with Gasteiger partial charge in [0.1, 0.15) is 0 Å². The first-order valence-electron chi connectivity index (χ1n) is 6.68. The van der Waals surface area contributed by atoms with E-state index in [0.29, 0.717) is 5.56 Å². The number of likely N-dealkylation sites (N-methyl/N-ethyl adjacent to an activating group) is 1. The molecule has 1 aliphatic rings. The Morgan fingerprint density at radius 3 is 1.78 bits per heavy atom. The van der Waals surface area contributed by atoms with Gasteiger partial charge in [-0.05, 0) is 31.3 Å². The van der Waals surface area contributed by atoms with Gasteiger partial charge >= 0.3 is 18.1 Å². The standard InChI is InChI=1S/C12H16N2O2.C2HF3O2/c1-13-6-8-14(9-7-13)11-4-2-10(3-5-11)12(15)16;3-2(4,5)1(6)7/h2-5H,6-9H2,1H3,(H,15,16);(H,6,7). The minimum atomic E-state index is -5.08. The lowest BCUT2D eigenvalue weighted by atomic mass is 10.2. The molecule has 1 aliphatic heterocycles. The molecule has 1 heterocycles. The van der Waals surface area contributed by atoms with Crippen LogP contribution in [0, 0.1) is 0 Å². The van der Waals surface area contributed by atoms with Gasteiger partial charge in [-0.2, -0.15) is 13.2 Å². The minimum absolute atomic E-state index is 0.345. The van der Waals surface area contributed by atoms with Crippen LogP contribution in [-0.4, -0.2) is 66.5 Å². The maximum absolute atomic E-state index is 10.7. The molecule has 1 aromatic carbocycles. The first-order valence-corrected chi connectivity index (χ1v) is 6.68. The molecule has 2 N–H and O–H groups in total. The summed E-state index contributed by atoms with van der Waals surface area (Å²) < 4.78 is 31.7. The third kappa shape index (κ3) is 6.15. The van der Waals surface area contributed by atoms with Gasteiger partial charge in [0.15, 0.2) is 0 Å². The third-order valence-corrected chi connectivity index (χ3v) is 3.23. The van der Waals surface area contributed by atoms with Crippen LogP contribution in [0.4, 0.5) is 18.9 Å². The second kappa shape index (κ2) is 7.82. The number of carboxylic acids is 2. The molecule has 9 heteroatoms. The summed E-state index contributed by atoms with van der Waals surface area (Å²) in [7, 11) is 2.12. The summed E-state index contributed by atoms with van der Waals surface area (Å²) in [5, 5.41) is 15.9. The van der Waals surface area contributed by atoms with Crippen molar-refractivity contribution in [1.82, 2.24) is 4.90 Å². The molecular formula is C14H17F3N2O4. The molecule has 1 saturated heterocycles. The molecule has 0 amide bonds. The molecule has 128 valence electrons. The number of alkyl halides is 3. The summed E-state index contributed by atoms with van der Waals surface area (Å²) in [4.78, 5) is 24.2. The van der Waals surface area contributed by atoms with E-state index in [0.717, 1.165) is 31.9 Å². The Bertz CT molecular complexity index is 538. The topological polar surface area (TPSA) is 81.1 Å². The van der Waals surface area contributed by atoms with E-state index in [9.17, 15) is 18.0 Å². The van der Waals surface area contributed by atoms with Crippen LogP contribution >= 0.6 is 0 Å². The predicted molar refractivity (Wildman–Crippen MR) is 76.8 cm³/mol. The van der Waals surface area contributed by atoms with E-state index >= 15 is 0 Å². The fraction of sp³-hybridized carbons (Fsp3) is 0.429. The summed E-state index contributed by atoms with van der Waals surface area (Å²) in [6, 6.07) is 7.09. The van der Waals surface area contributed by atoms with Crippen LogP contribution in [0.2, 0.25) is 0 Å². The van der Waals surface area contributed by atoms with E-state index in [2.05, 4.69) is 16.8 Å². The molecule has 0 aliphatic carbocycles. The number of nitrogens with zero attached hydrogens (tertiary/aromatic N) is 2. The van der Waals surface area contributed by atoms with Crippen LogP contribution in [0.3, 0.4) is 0 Å². The molecule has 0 spiro atoms. The molecule has 1 fully saturated rings. The lowest BCUT2D eigenvalue weighted by molar-refractivity contribution is -0.192. The van der Waals surface area contributed by atoms with Crippen LogP contribution in [0.25, 0.3) is 0 Å². The highest BCUT2D eigenvalue weighted by molar-refractivity contribution is 5.88. The van der Waals surface area contributed by atoms with Crippen molar-refractivity contribution in [2.24, 2.45) is 0 Å². The van der Waals surface area contributed by atoms with Crippen molar-refractivity contribution < 1.29 is 33.0 Å². The Morgan fingerprint density at radius 2 is 1.43 bits per heavy atom. The van der Waals surface area contributed by atoms with Crippen LogP contribution in [0.5, 0.6) is 0 Å². The molecule has 23 heavy (non-hydrogen) atoms. The number of hydrogen-bond donors (Lipinski definition) is 2. The number of benzene rings is 1. The van der Waals surface area contributed by atoms with Crippen molar-refractivity contribution in [2.75, 3.05) is 38.1 Å². The van der Waals surface area contributed by atoms with Crippen molar-refractivity contribution >= 4 is 17.6 Å². The van der Waals surface area contributed by atoms with Crippen LogP contribution in [0.1, 0.15) is 10.4 Å². The zero-order valence-electron chi connectivity index (χ0n) is 12.4. The molecule has 0 bridgehead atoms. The van der Waals surface area contributed by atoms with Gasteiger partial charge in [-0.25, -0.2) is 9.59 Å². The van der Waals surface area contributed by atoms with Crippen LogP contribution in [0.15, 0.2) is 24.3 Å². The van der Waals surface area contributed by atoms with Crippen LogP contribution in [-0.2, 0) is 4.79 Å². The van der Waals surface area contributed by atoms with Gasteiger partial charge in [0.25, 0.3) is 0 Å². The first kappa shape index (κ1) is 18.8. The number of rotatable bonds is 2. The molecule has 6 nitrogen and oxygen atoms in total. The molecule has 0 saturated carbocycles. The first-order chi connectivity index (χ1) is 10.6. The monoisotopic (exact) mass is 334 g/mol. The van der Waals surface area contributed by atoms with Gasteiger partial charge in [0.2, 0.25) is 0 Å². The maximum atomic E-state index is 10.7. The summed E-state index contributed by atoms with van der Waals surface area (Å²) in [6.45, 7) is 4.12. The van der Waals surface area contributed by atoms with E-state index in [-0.39, 0.29) is 0 Å². The number of piperazine rings is 1. The zero-order chi connectivity index (χ0) is 17.6. The second-order valence-electron chi connectivity index (χ2n) is 4.95. The number of hydrogen-bond acceptors (Lipinski definition) is 4. The highest BCUT2D eigenvalue weighted by Crippen LogP contribution is 2.17. The van der Waals surface area contributed by atoms with Crippen LogP contribution < -0.4 is 4.90 Å². The Hall–Kier alpha value is -2.29. The lowest BCUT2D eigenvalue weighted by Gasteiger charge is -2.34. The Labute approximate surface area is 130 Å². The van der Waals surface area contributed by atoms with Crippen molar-refractivity contribution in [3.05, 3.63) is 29.8 Å². The van der Waals surface area contributed by atoms with E-state index in [1.807, 2.05) is 12.1 Å². The summed E-state index contributed by atoms with van der Waals surface area (Å²) in [5.74, 6) is -3.63. The van der Waals surface area contributed by atoms with Gasteiger partial charge in [0.05, 0.1) is 5.56 Å². The number of halogens is 3. The van der Waals surface area contributed by atoms with Crippen molar-refractivity contribution in [3.63, 3.8) is 0 Å². The average molecular weight is 334 g/mol. The molecule has 2 rings (SSSR count). The smallest absolute Gasteiger partial charge is 0.478 e. The predicted octanol–water partition coefficient (Wildman–Crippen LogP) is 1.77. The van der Waals surface area contributed by atoms with Crippen molar-refractivity contribution in [2.45, 2.75) is 6.18 Å². The fourth-order valence-electron chi connectivity index (χ4n) is 1.88. The van der Waals surface area contributed by atoms with Gasteiger partial charge in [-0.15, -0.1) is 0 Å². The summed E-state index contributed by atoms with van der Waals surface area (Å²) in [5.41, 5.74) is 1.45. The van der Waals surface area contributed by atoms with Gasteiger partial charge in [0, 0.05) is 31.9 Å². The van der Waals surface area contributed by atoms with Gasteiger partial charge in [-0.3, -0.25) is 0 Å². The Kier molecular flexibility index (Phi) is 6.38. The maximum Gasteiger partial charge on any atom is 0.490 e. The Morgan fingerprint density at radius 1 is 1.00 bits per heavy atom. The number of anilines is 1. The van der Waals surface area contributed by atoms with Gasteiger partial charge in [-0.1, -0.05) is 0 Å². The number of carboxylic acid groups (broad SMARTS) is 2. The van der Waals surface area contributed by atoms with Crippen molar-refractivity contribution in [3.8, 4) is 0 Å². The largest absolute Gasteiger partial charge is 0.490 e. The molecule has 0 aromatic heterocycles. The average Bonchev–Trinajstić information content (AvgIpc) is 2.48. The minimum Gasteiger partial charge on any atom is -0.478 e. The molecule has 0 radical (unpaired) electrons.